The molecule has 0 fully saturated rings. The lowest BCUT2D eigenvalue weighted by atomic mass is 10.2. The Morgan fingerprint density at radius 3 is 2.60 bits per heavy atom. The van der Waals surface area contributed by atoms with Gasteiger partial charge < -0.3 is 20.7 Å². The Kier molecular flexibility index (Phi) is 4.58. The molecule has 7 nitrogen and oxygen atoms in total. The van der Waals surface area contributed by atoms with Crippen LogP contribution in [0.15, 0.2) is 42.5 Å². The number of carbonyl (C=O) groups is 3. The highest BCUT2D eigenvalue weighted by molar-refractivity contribution is 6.31. The number of fused-ring (bicyclic) bond motifs is 1. The molecule has 0 unspecified atom stereocenters. The molecule has 8 heteroatoms. The second-order valence-electron chi connectivity index (χ2n) is 5.43. The van der Waals surface area contributed by atoms with Crippen LogP contribution in [0.5, 0.6) is 5.75 Å². The molecule has 0 aromatic heterocycles. The minimum Gasteiger partial charge on any atom is -0.423 e. The summed E-state index contributed by atoms with van der Waals surface area (Å²) < 4.78 is 5.14. The molecule has 0 atom stereocenters. The van der Waals surface area contributed by atoms with Crippen LogP contribution < -0.4 is 20.7 Å². The van der Waals surface area contributed by atoms with Crippen molar-refractivity contribution in [2.24, 2.45) is 5.73 Å². The molecule has 0 aliphatic carbocycles. The third-order valence-electron chi connectivity index (χ3n) is 3.59. The van der Waals surface area contributed by atoms with Crippen molar-refractivity contribution < 1.29 is 19.1 Å². The van der Waals surface area contributed by atoms with Gasteiger partial charge in [-0.15, -0.1) is 0 Å². The molecule has 0 saturated heterocycles. The summed E-state index contributed by atoms with van der Waals surface area (Å²) in [6.07, 6.45) is 0. The Morgan fingerprint density at radius 1 is 1.20 bits per heavy atom. The van der Waals surface area contributed by atoms with Crippen molar-refractivity contribution in [2.75, 3.05) is 23.3 Å². The van der Waals surface area contributed by atoms with E-state index in [0.717, 1.165) is 0 Å². The number of nitrogens with one attached hydrogen (secondary N) is 1. The minimum absolute atomic E-state index is 0.0542. The average Bonchev–Trinajstić information content (AvgIpc) is 2.56. The SMILES string of the molecule is NC(=O)c1ccc(NC(=O)CN2CC(=O)Oc3ccc(Cl)cc32)cc1. The first-order chi connectivity index (χ1) is 11.9. The molecule has 0 bridgehead atoms. The molecule has 0 spiro atoms. The number of hydrogen-bond acceptors (Lipinski definition) is 5. The fourth-order valence-corrected chi connectivity index (χ4v) is 2.62. The fraction of sp³-hybridized carbons (Fsp3) is 0.118. The number of carbonyl (C=O) groups excluding carboxylic acids is 3. The molecule has 3 rings (SSSR count). The van der Waals surface area contributed by atoms with Crippen LogP contribution in [0.3, 0.4) is 0 Å². The molecule has 128 valence electrons. The Morgan fingerprint density at radius 2 is 1.92 bits per heavy atom. The van der Waals surface area contributed by atoms with Gasteiger partial charge in [-0.05, 0) is 42.5 Å². The summed E-state index contributed by atoms with van der Waals surface area (Å²) in [6.45, 7) is -0.110. The minimum atomic E-state index is -0.543. The van der Waals surface area contributed by atoms with Crippen LogP contribution in [0.2, 0.25) is 5.02 Å². The molecule has 1 aliphatic rings. The lowest BCUT2D eigenvalue weighted by molar-refractivity contribution is -0.133. The monoisotopic (exact) mass is 359 g/mol. The van der Waals surface area contributed by atoms with Gasteiger partial charge in [-0.1, -0.05) is 11.6 Å². The predicted octanol–water partition coefficient (Wildman–Crippen LogP) is 1.80. The summed E-state index contributed by atoms with van der Waals surface area (Å²) >= 11 is 5.98. The van der Waals surface area contributed by atoms with E-state index >= 15 is 0 Å². The van der Waals surface area contributed by atoms with Gasteiger partial charge in [0.2, 0.25) is 11.8 Å². The van der Waals surface area contributed by atoms with Gasteiger partial charge in [0.15, 0.2) is 5.75 Å². The van der Waals surface area contributed by atoms with E-state index in [2.05, 4.69) is 5.32 Å². The molecule has 2 amide bonds. The molecule has 2 aromatic carbocycles. The highest BCUT2D eigenvalue weighted by Crippen LogP contribution is 2.34. The number of halogens is 1. The summed E-state index contributed by atoms with van der Waals surface area (Å²) in [5, 5.41) is 3.17. The number of hydrogen-bond donors (Lipinski definition) is 2. The van der Waals surface area contributed by atoms with Crippen LogP contribution in [0.1, 0.15) is 10.4 Å². The molecule has 1 heterocycles. The maximum atomic E-state index is 12.3. The number of ether oxygens (including phenoxy) is 1. The summed E-state index contributed by atoms with van der Waals surface area (Å²) in [6, 6.07) is 11.0. The highest BCUT2D eigenvalue weighted by atomic mass is 35.5. The second kappa shape index (κ2) is 6.82. The van der Waals surface area contributed by atoms with Gasteiger partial charge in [-0.3, -0.25) is 9.59 Å². The van der Waals surface area contributed by atoms with E-state index in [0.29, 0.717) is 27.7 Å². The van der Waals surface area contributed by atoms with Crippen molar-refractivity contribution in [1.82, 2.24) is 0 Å². The number of primary amides is 1. The third kappa shape index (κ3) is 3.89. The second-order valence-corrected chi connectivity index (χ2v) is 5.87. The molecular formula is C17H14ClN3O4. The van der Waals surface area contributed by atoms with E-state index in [4.69, 9.17) is 22.1 Å². The van der Waals surface area contributed by atoms with E-state index in [-0.39, 0.29) is 19.0 Å². The average molecular weight is 360 g/mol. The van der Waals surface area contributed by atoms with Gasteiger partial charge in [0.05, 0.1) is 12.2 Å². The first-order valence-electron chi connectivity index (χ1n) is 7.37. The van der Waals surface area contributed by atoms with Crippen molar-refractivity contribution in [2.45, 2.75) is 0 Å². The highest BCUT2D eigenvalue weighted by Gasteiger charge is 2.26. The van der Waals surface area contributed by atoms with E-state index in [9.17, 15) is 14.4 Å². The van der Waals surface area contributed by atoms with E-state index < -0.39 is 11.9 Å². The van der Waals surface area contributed by atoms with E-state index in [1.165, 1.54) is 12.1 Å². The van der Waals surface area contributed by atoms with Crippen LogP contribution in [0.25, 0.3) is 0 Å². The van der Waals surface area contributed by atoms with Crippen molar-refractivity contribution in [3.63, 3.8) is 0 Å². The van der Waals surface area contributed by atoms with Crippen LogP contribution in [-0.2, 0) is 9.59 Å². The van der Waals surface area contributed by atoms with Crippen LogP contribution in [0, 0.1) is 0 Å². The standard InChI is InChI=1S/C17H14ClN3O4/c18-11-3-6-14-13(7-11)21(9-16(23)25-14)8-15(22)20-12-4-1-10(2-5-12)17(19)24/h1-7H,8-9H2,(H2,19,24)(H,20,22). The lowest BCUT2D eigenvalue weighted by Crippen LogP contribution is -2.41. The number of nitrogens with two attached hydrogens (primary N) is 1. The van der Waals surface area contributed by atoms with Crippen LogP contribution in [-0.4, -0.2) is 30.9 Å². The van der Waals surface area contributed by atoms with E-state index in [1.54, 1.807) is 35.2 Å². The summed E-state index contributed by atoms with van der Waals surface area (Å²) in [5.41, 5.74) is 6.61. The quantitative estimate of drug-likeness (QED) is 0.640. The molecular weight excluding hydrogens is 346 g/mol. The molecule has 0 saturated carbocycles. The smallest absolute Gasteiger partial charge is 0.331 e. The van der Waals surface area contributed by atoms with Gasteiger partial charge in [0, 0.05) is 16.3 Å². The normalized spacial score (nSPS) is 13.0. The molecule has 0 radical (unpaired) electrons. The Labute approximate surface area is 148 Å². The molecule has 1 aliphatic heterocycles. The maximum absolute atomic E-state index is 12.3. The first-order valence-corrected chi connectivity index (χ1v) is 7.75. The van der Waals surface area contributed by atoms with Gasteiger partial charge in [-0.25, -0.2) is 4.79 Å². The Bertz CT molecular complexity index is 851. The number of rotatable bonds is 4. The summed E-state index contributed by atoms with van der Waals surface area (Å²) in [4.78, 5) is 36.6. The van der Waals surface area contributed by atoms with E-state index in [1.807, 2.05) is 0 Å². The van der Waals surface area contributed by atoms with Gasteiger partial charge >= 0.3 is 5.97 Å². The van der Waals surface area contributed by atoms with Gasteiger partial charge in [-0.2, -0.15) is 0 Å². The Hall–Kier alpha value is -3.06. The topological polar surface area (TPSA) is 102 Å². The summed E-state index contributed by atoms with van der Waals surface area (Å²) in [5.74, 6) is -0.960. The Balaban J connectivity index is 1.72. The lowest BCUT2D eigenvalue weighted by Gasteiger charge is -2.29. The van der Waals surface area contributed by atoms with Crippen molar-refractivity contribution in [3.05, 3.63) is 53.1 Å². The summed E-state index contributed by atoms with van der Waals surface area (Å²) in [7, 11) is 0. The molecule has 3 N–H and O–H groups in total. The van der Waals surface area contributed by atoms with Gasteiger partial charge in [0.1, 0.15) is 6.54 Å². The largest absolute Gasteiger partial charge is 0.423 e. The van der Waals surface area contributed by atoms with Crippen LogP contribution >= 0.6 is 11.6 Å². The number of nitrogens with zero attached hydrogens (tertiary/aromatic N) is 1. The van der Waals surface area contributed by atoms with Crippen molar-refractivity contribution >= 4 is 40.8 Å². The third-order valence-corrected chi connectivity index (χ3v) is 3.83. The molecule has 2 aromatic rings. The molecule has 25 heavy (non-hydrogen) atoms. The van der Waals surface area contributed by atoms with Crippen molar-refractivity contribution in [3.8, 4) is 5.75 Å². The number of amides is 2. The fourth-order valence-electron chi connectivity index (χ4n) is 2.45. The van der Waals surface area contributed by atoms with Crippen LogP contribution in [0.4, 0.5) is 11.4 Å². The zero-order valence-corrected chi connectivity index (χ0v) is 13.7. The zero-order valence-electron chi connectivity index (χ0n) is 13.0. The number of anilines is 2. The maximum Gasteiger partial charge on any atom is 0.331 e. The first kappa shape index (κ1) is 16.8. The predicted molar refractivity (Wildman–Crippen MR) is 92.9 cm³/mol. The van der Waals surface area contributed by atoms with Crippen molar-refractivity contribution in [1.29, 1.82) is 0 Å². The number of esters is 1. The zero-order chi connectivity index (χ0) is 18.0. The number of benzene rings is 2. The van der Waals surface area contributed by atoms with Gasteiger partial charge in [0.25, 0.3) is 0 Å².